The molecular weight excluding hydrogens is 248 g/mol. The summed E-state index contributed by atoms with van der Waals surface area (Å²) in [6.07, 6.45) is 6.49. The van der Waals surface area contributed by atoms with Crippen LogP contribution in [0.1, 0.15) is 32.1 Å². The van der Waals surface area contributed by atoms with Crippen molar-refractivity contribution in [3.63, 3.8) is 0 Å². The van der Waals surface area contributed by atoms with Gasteiger partial charge in [-0.1, -0.05) is 12.8 Å². The molecule has 0 saturated carbocycles. The van der Waals surface area contributed by atoms with Crippen LogP contribution in [0.5, 0.6) is 0 Å². The molecule has 0 aromatic heterocycles. The minimum Gasteiger partial charge on any atom is -0.481 e. The van der Waals surface area contributed by atoms with Gasteiger partial charge in [0, 0.05) is 25.2 Å². The summed E-state index contributed by atoms with van der Waals surface area (Å²) >= 11 is 0. The number of unbranched alkanes of at least 4 members (excludes halogenated alkanes) is 3. The molecule has 6 heteroatoms. The average Bonchev–Trinajstić information content (AvgIpc) is 2.67. The predicted molar refractivity (Wildman–Crippen MR) is 69.5 cm³/mol. The summed E-state index contributed by atoms with van der Waals surface area (Å²) in [6, 6.07) is 0. The van der Waals surface area contributed by atoms with Crippen LogP contribution >= 0.6 is 0 Å². The lowest BCUT2D eigenvalue weighted by atomic mass is 10.2. The summed E-state index contributed by atoms with van der Waals surface area (Å²) in [5.41, 5.74) is 0. The summed E-state index contributed by atoms with van der Waals surface area (Å²) < 4.78 is 0. The topological polar surface area (TPSA) is 86.7 Å². The van der Waals surface area contributed by atoms with Gasteiger partial charge in [0.2, 0.25) is 0 Å². The van der Waals surface area contributed by atoms with Gasteiger partial charge in [0.05, 0.1) is 6.42 Å². The number of hydrogen-bond acceptors (Lipinski definition) is 4. The summed E-state index contributed by atoms with van der Waals surface area (Å²) in [5.74, 6) is -1.23. The van der Waals surface area contributed by atoms with Gasteiger partial charge in [-0.3, -0.25) is 19.3 Å². The number of carboxylic acid groups (broad SMARTS) is 1. The van der Waals surface area contributed by atoms with Gasteiger partial charge >= 0.3 is 5.97 Å². The average molecular weight is 268 g/mol. The maximum Gasteiger partial charge on any atom is 0.304 e. The molecule has 2 amide bonds. The van der Waals surface area contributed by atoms with E-state index < -0.39 is 5.97 Å². The van der Waals surface area contributed by atoms with E-state index in [4.69, 9.17) is 5.11 Å². The first-order chi connectivity index (χ1) is 9.11. The van der Waals surface area contributed by atoms with E-state index in [2.05, 4.69) is 5.32 Å². The maximum atomic E-state index is 11.2. The van der Waals surface area contributed by atoms with Crippen LogP contribution in [-0.2, 0) is 14.4 Å². The second kappa shape index (κ2) is 8.42. The molecule has 0 unspecified atom stereocenters. The first-order valence-corrected chi connectivity index (χ1v) is 6.57. The van der Waals surface area contributed by atoms with Crippen molar-refractivity contribution < 1.29 is 19.5 Å². The van der Waals surface area contributed by atoms with Crippen LogP contribution < -0.4 is 5.32 Å². The maximum absolute atomic E-state index is 11.2. The molecule has 0 atom stereocenters. The van der Waals surface area contributed by atoms with E-state index in [9.17, 15) is 14.4 Å². The molecule has 0 saturated heterocycles. The minimum absolute atomic E-state index is 0.145. The number of rotatable bonds is 10. The molecule has 0 radical (unpaired) electrons. The van der Waals surface area contributed by atoms with Gasteiger partial charge in [-0.2, -0.15) is 0 Å². The van der Waals surface area contributed by atoms with Crippen LogP contribution in [-0.4, -0.2) is 47.4 Å². The number of carbonyl (C=O) groups excluding carboxylic acids is 2. The molecule has 0 aliphatic carbocycles. The zero-order valence-electron chi connectivity index (χ0n) is 10.9. The Morgan fingerprint density at radius 2 is 1.68 bits per heavy atom. The van der Waals surface area contributed by atoms with Crippen LogP contribution in [0.2, 0.25) is 0 Å². The molecule has 1 heterocycles. The zero-order chi connectivity index (χ0) is 14.1. The lowest BCUT2D eigenvalue weighted by Crippen LogP contribution is -2.30. The van der Waals surface area contributed by atoms with Crippen LogP contribution in [0.15, 0.2) is 12.2 Å². The fourth-order valence-electron chi connectivity index (χ4n) is 1.85. The van der Waals surface area contributed by atoms with Gasteiger partial charge in [0.25, 0.3) is 11.8 Å². The Morgan fingerprint density at radius 3 is 2.32 bits per heavy atom. The quantitative estimate of drug-likeness (QED) is 0.446. The number of amides is 2. The Kier molecular flexibility index (Phi) is 6.81. The van der Waals surface area contributed by atoms with Crippen LogP contribution in [0.25, 0.3) is 0 Å². The number of carboxylic acids is 1. The highest BCUT2D eigenvalue weighted by molar-refractivity contribution is 6.12. The molecule has 0 fully saturated rings. The normalized spacial score (nSPS) is 14.4. The van der Waals surface area contributed by atoms with Gasteiger partial charge in [-0.15, -0.1) is 0 Å². The van der Waals surface area contributed by atoms with Crippen molar-refractivity contribution in [2.45, 2.75) is 32.1 Å². The summed E-state index contributed by atoms with van der Waals surface area (Å²) in [7, 11) is 0. The van der Waals surface area contributed by atoms with Crippen molar-refractivity contribution in [2.24, 2.45) is 0 Å². The molecule has 6 nitrogen and oxygen atoms in total. The van der Waals surface area contributed by atoms with Crippen molar-refractivity contribution in [3.8, 4) is 0 Å². The van der Waals surface area contributed by atoms with Crippen LogP contribution in [0, 0.1) is 0 Å². The Labute approximate surface area is 112 Å². The summed E-state index contributed by atoms with van der Waals surface area (Å²) in [6.45, 7) is 1.78. The number of aliphatic carboxylic acids is 1. The molecule has 1 aliphatic heterocycles. The fourth-order valence-corrected chi connectivity index (χ4v) is 1.85. The van der Waals surface area contributed by atoms with Gasteiger partial charge in [-0.25, -0.2) is 0 Å². The van der Waals surface area contributed by atoms with E-state index in [-0.39, 0.29) is 18.2 Å². The summed E-state index contributed by atoms with van der Waals surface area (Å²) in [5, 5.41) is 11.5. The molecule has 0 bridgehead atoms. The Bertz CT molecular complexity index is 348. The van der Waals surface area contributed by atoms with Crippen molar-refractivity contribution in [3.05, 3.63) is 12.2 Å². The molecule has 1 aliphatic rings. The van der Waals surface area contributed by atoms with E-state index in [0.29, 0.717) is 13.1 Å². The fraction of sp³-hybridized carbons (Fsp3) is 0.615. The Morgan fingerprint density at radius 1 is 1.05 bits per heavy atom. The van der Waals surface area contributed by atoms with Gasteiger partial charge in [-0.05, 0) is 19.4 Å². The number of nitrogens with zero attached hydrogens (tertiary/aromatic N) is 1. The molecule has 106 valence electrons. The smallest absolute Gasteiger partial charge is 0.304 e. The SMILES string of the molecule is O=C(O)CCNCCCCCCN1C(=O)C=CC1=O. The highest BCUT2D eigenvalue weighted by Gasteiger charge is 2.21. The highest BCUT2D eigenvalue weighted by atomic mass is 16.4. The van der Waals surface area contributed by atoms with Crippen molar-refractivity contribution in [2.75, 3.05) is 19.6 Å². The second-order valence-corrected chi connectivity index (χ2v) is 4.47. The van der Waals surface area contributed by atoms with Gasteiger partial charge < -0.3 is 10.4 Å². The third kappa shape index (κ3) is 6.15. The first-order valence-electron chi connectivity index (χ1n) is 6.57. The Hall–Kier alpha value is -1.69. The highest BCUT2D eigenvalue weighted by Crippen LogP contribution is 2.07. The lowest BCUT2D eigenvalue weighted by Gasteiger charge is -2.13. The van der Waals surface area contributed by atoms with E-state index in [1.54, 1.807) is 0 Å². The third-order valence-corrected chi connectivity index (χ3v) is 2.90. The van der Waals surface area contributed by atoms with Crippen LogP contribution in [0.3, 0.4) is 0 Å². The predicted octanol–water partition coefficient (Wildman–Crippen LogP) is 0.536. The summed E-state index contributed by atoms with van der Waals surface area (Å²) in [4.78, 5) is 34.0. The van der Waals surface area contributed by atoms with Crippen molar-refractivity contribution in [1.29, 1.82) is 0 Å². The monoisotopic (exact) mass is 268 g/mol. The molecular formula is C13H20N2O4. The van der Waals surface area contributed by atoms with Gasteiger partial charge in [0.15, 0.2) is 0 Å². The lowest BCUT2D eigenvalue weighted by molar-refractivity contribution is -0.138. The Balaban J connectivity index is 1.90. The molecule has 2 N–H and O–H groups in total. The van der Waals surface area contributed by atoms with Gasteiger partial charge in [0.1, 0.15) is 0 Å². The molecule has 0 spiro atoms. The molecule has 19 heavy (non-hydrogen) atoms. The number of imide groups is 1. The third-order valence-electron chi connectivity index (χ3n) is 2.90. The van der Waals surface area contributed by atoms with E-state index in [0.717, 1.165) is 32.2 Å². The van der Waals surface area contributed by atoms with E-state index in [1.165, 1.54) is 17.1 Å². The van der Waals surface area contributed by atoms with E-state index in [1.807, 2.05) is 0 Å². The van der Waals surface area contributed by atoms with E-state index >= 15 is 0 Å². The standard InChI is InChI=1S/C13H20N2O4/c16-11-5-6-12(17)15(11)10-4-2-1-3-8-14-9-7-13(18)19/h5-6,14H,1-4,7-10H2,(H,18,19). The molecule has 1 rings (SSSR count). The first kappa shape index (κ1) is 15.4. The van der Waals surface area contributed by atoms with Crippen molar-refractivity contribution in [1.82, 2.24) is 10.2 Å². The van der Waals surface area contributed by atoms with Crippen LogP contribution in [0.4, 0.5) is 0 Å². The zero-order valence-corrected chi connectivity index (χ0v) is 10.9. The van der Waals surface area contributed by atoms with Crippen molar-refractivity contribution >= 4 is 17.8 Å². The molecule has 0 aromatic carbocycles. The minimum atomic E-state index is -0.791. The number of nitrogens with one attached hydrogen (secondary N) is 1. The molecule has 0 aromatic rings. The largest absolute Gasteiger partial charge is 0.481 e. The number of hydrogen-bond donors (Lipinski definition) is 2. The second-order valence-electron chi connectivity index (χ2n) is 4.47. The number of carbonyl (C=O) groups is 3.